The molecule has 1 aliphatic heterocycles. The lowest BCUT2D eigenvalue weighted by Gasteiger charge is -2.04. The van der Waals surface area contributed by atoms with Gasteiger partial charge in [0, 0.05) is 6.42 Å². The fourth-order valence-electron chi connectivity index (χ4n) is 2.19. The van der Waals surface area contributed by atoms with E-state index >= 15 is 0 Å². The summed E-state index contributed by atoms with van der Waals surface area (Å²) in [6.07, 6.45) is -3.22. The average molecular weight is 342 g/mol. The summed E-state index contributed by atoms with van der Waals surface area (Å²) in [5, 5.41) is 0. The number of hydrogen-bond donors (Lipinski definition) is 0. The predicted octanol–water partition coefficient (Wildman–Crippen LogP) is 2.42. The van der Waals surface area contributed by atoms with E-state index in [1.165, 1.54) is 12.1 Å². The summed E-state index contributed by atoms with van der Waals surface area (Å²) < 4.78 is 39.0. The molecule has 0 atom stereocenters. The van der Waals surface area contributed by atoms with Crippen LogP contribution < -0.4 is 9.47 Å². The van der Waals surface area contributed by atoms with Gasteiger partial charge >= 0.3 is 12.3 Å². The van der Waals surface area contributed by atoms with E-state index in [0.29, 0.717) is 18.4 Å². The second kappa shape index (κ2) is 7.37. The van der Waals surface area contributed by atoms with Crippen LogP contribution in [0.15, 0.2) is 18.2 Å². The Labute approximate surface area is 136 Å². The molecule has 0 aromatic heterocycles. The van der Waals surface area contributed by atoms with Crippen molar-refractivity contribution in [3.05, 3.63) is 23.8 Å². The number of benzene rings is 1. The molecule has 1 aromatic rings. The van der Waals surface area contributed by atoms with Crippen LogP contribution >= 0.6 is 0 Å². The van der Waals surface area contributed by atoms with Gasteiger partial charge in [-0.15, -0.1) is 8.78 Å². The second-order valence-corrected chi connectivity index (χ2v) is 5.16. The van der Waals surface area contributed by atoms with Crippen LogP contribution in [0.25, 0.3) is 0 Å². The summed E-state index contributed by atoms with van der Waals surface area (Å²) in [7, 11) is 0. The largest absolute Gasteiger partial charge is 0.586 e. The monoisotopic (exact) mass is 342 g/mol. The minimum absolute atomic E-state index is 0.0418. The van der Waals surface area contributed by atoms with Gasteiger partial charge < -0.3 is 14.2 Å². The van der Waals surface area contributed by atoms with Gasteiger partial charge in [-0.1, -0.05) is 6.07 Å². The molecule has 1 aliphatic rings. The van der Waals surface area contributed by atoms with E-state index in [1.54, 1.807) is 13.0 Å². The first-order chi connectivity index (χ1) is 11.3. The van der Waals surface area contributed by atoms with Crippen LogP contribution in [0.5, 0.6) is 11.5 Å². The Balaban J connectivity index is 1.78. The molecule has 6 nitrogen and oxygen atoms in total. The van der Waals surface area contributed by atoms with Crippen molar-refractivity contribution in [2.24, 2.45) is 0 Å². The second-order valence-electron chi connectivity index (χ2n) is 5.16. The summed E-state index contributed by atoms with van der Waals surface area (Å²) in [4.78, 5) is 34.1. The van der Waals surface area contributed by atoms with Gasteiger partial charge in [0.15, 0.2) is 11.5 Å². The van der Waals surface area contributed by atoms with E-state index in [0.717, 1.165) is 0 Å². The third kappa shape index (κ3) is 4.74. The Morgan fingerprint density at radius 3 is 2.58 bits per heavy atom. The SMILES string of the molecule is CCOC(=O)C(=O)CC(=O)CCCc1ccc2c(c1)OC(F)(F)O2. The zero-order valence-corrected chi connectivity index (χ0v) is 13.0. The van der Waals surface area contributed by atoms with Crippen molar-refractivity contribution in [3.63, 3.8) is 0 Å². The van der Waals surface area contributed by atoms with Crippen LogP contribution in [0.1, 0.15) is 31.7 Å². The standard InChI is InChI=1S/C16H16F2O6/c1-2-22-15(21)12(20)9-11(19)5-3-4-10-6-7-13-14(8-10)24-16(17,18)23-13/h6-8H,2-5,9H2,1H3. The van der Waals surface area contributed by atoms with Crippen LogP contribution in [-0.2, 0) is 25.5 Å². The fourth-order valence-corrected chi connectivity index (χ4v) is 2.19. The van der Waals surface area contributed by atoms with Gasteiger partial charge in [0.05, 0.1) is 13.0 Å². The molecule has 8 heteroatoms. The van der Waals surface area contributed by atoms with Crippen molar-refractivity contribution in [1.29, 1.82) is 0 Å². The average Bonchev–Trinajstić information content (AvgIpc) is 2.80. The zero-order valence-electron chi connectivity index (χ0n) is 13.0. The van der Waals surface area contributed by atoms with Gasteiger partial charge in [-0.2, -0.15) is 0 Å². The molecule has 0 N–H and O–H groups in total. The van der Waals surface area contributed by atoms with Crippen LogP contribution in [0.3, 0.4) is 0 Å². The summed E-state index contributed by atoms with van der Waals surface area (Å²) >= 11 is 0. The van der Waals surface area contributed by atoms with Crippen molar-refractivity contribution < 1.29 is 37.4 Å². The minimum Gasteiger partial charge on any atom is -0.460 e. The molecule has 1 aromatic carbocycles. The summed E-state index contributed by atoms with van der Waals surface area (Å²) in [6, 6.07) is 4.39. The smallest absolute Gasteiger partial charge is 0.460 e. The van der Waals surface area contributed by atoms with Crippen molar-refractivity contribution in [2.75, 3.05) is 6.61 Å². The molecule has 0 aliphatic carbocycles. The van der Waals surface area contributed by atoms with Crippen molar-refractivity contribution in [1.82, 2.24) is 0 Å². The number of carbonyl (C=O) groups excluding carboxylic acids is 3. The van der Waals surface area contributed by atoms with Crippen molar-refractivity contribution >= 4 is 17.5 Å². The van der Waals surface area contributed by atoms with Crippen LogP contribution in [0, 0.1) is 0 Å². The Hall–Kier alpha value is -2.51. The molecule has 0 amide bonds. The Bertz CT molecular complexity index is 656. The third-order valence-electron chi connectivity index (χ3n) is 3.25. The quantitative estimate of drug-likeness (QED) is 0.410. The molecule has 2 rings (SSSR count). The number of ketones is 2. The third-order valence-corrected chi connectivity index (χ3v) is 3.25. The van der Waals surface area contributed by atoms with Crippen LogP contribution in [0.2, 0.25) is 0 Å². The number of ether oxygens (including phenoxy) is 3. The van der Waals surface area contributed by atoms with Gasteiger partial charge in [0.1, 0.15) is 5.78 Å². The van der Waals surface area contributed by atoms with Gasteiger partial charge in [0.2, 0.25) is 5.78 Å². The molecule has 130 valence electrons. The number of carbonyl (C=O) groups is 3. The fraction of sp³-hybridized carbons (Fsp3) is 0.438. The van der Waals surface area contributed by atoms with Gasteiger partial charge in [-0.25, -0.2) is 4.79 Å². The van der Waals surface area contributed by atoms with Crippen molar-refractivity contribution in [2.45, 2.75) is 38.9 Å². The molecular weight excluding hydrogens is 326 g/mol. The zero-order chi connectivity index (χ0) is 17.7. The highest BCUT2D eigenvalue weighted by molar-refractivity contribution is 6.37. The van der Waals surface area contributed by atoms with Crippen LogP contribution in [-0.4, -0.2) is 30.4 Å². The van der Waals surface area contributed by atoms with E-state index in [2.05, 4.69) is 14.2 Å². The maximum Gasteiger partial charge on any atom is 0.586 e. The number of alkyl halides is 2. The van der Waals surface area contributed by atoms with E-state index in [9.17, 15) is 23.2 Å². The van der Waals surface area contributed by atoms with E-state index in [-0.39, 0.29) is 30.3 Å². The topological polar surface area (TPSA) is 78.9 Å². The van der Waals surface area contributed by atoms with E-state index < -0.39 is 24.5 Å². The summed E-state index contributed by atoms with van der Waals surface area (Å²) in [6.45, 7) is 1.64. The van der Waals surface area contributed by atoms with Crippen molar-refractivity contribution in [3.8, 4) is 11.5 Å². The Morgan fingerprint density at radius 1 is 1.17 bits per heavy atom. The number of aryl methyl sites for hydroxylation is 1. The number of fused-ring (bicyclic) bond motifs is 1. The Morgan fingerprint density at radius 2 is 1.88 bits per heavy atom. The summed E-state index contributed by atoms with van der Waals surface area (Å²) in [5.41, 5.74) is 0.694. The lowest BCUT2D eigenvalue weighted by Crippen LogP contribution is -2.25. The predicted molar refractivity (Wildman–Crippen MR) is 76.8 cm³/mol. The first-order valence-electron chi connectivity index (χ1n) is 7.41. The lowest BCUT2D eigenvalue weighted by molar-refractivity contribution is -0.286. The maximum atomic E-state index is 12.9. The molecular formula is C16H16F2O6. The Kier molecular flexibility index (Phi) is 5.48. The number of halogens is 2. The minimum atomic E-state index is -3.66. The molecule has 24 heavy (non-hydrogen) atoms. The lowest BCUT2D eigenvalue weighted by atomic mass is 10.0. The highest BCUT2D eigenvalue weighted by atomic mass is 19.3. The van der Waals surface area contributed by atoms with Crippen LogP contribution in [0.4, 0.5) is 8.78 Å². The molecule has 0 fully saturated rings. The number of hydrogen-bond acceptors (Lipinski definition) is 6. The normalized spacial score (nSPS) is 14.3. The van der Waals surface area contributed by atoms with Gasteiger partial charge in [0.25, 0.3) is 0 Å². The molecule has 0 bridgehead atoms. The summed E-state index contributed by atoms with van der Waals surface area (Å²) in [5.74, 6) is -2.35. The molecule has 0 radical (unpaired) electrons. The first-order valence-corrected chi connectivity index (χ1v) is 7.41. The molecule has 0 unspecified atom stereocenters. The highest BCUT2D eigenvalue weighted by Crippen LogP contribution is 2.41. The number of esters is 1. The molecule has 0 saturated carbocycles. The maximum absolute atomic E-state index is 12.9. The molecule has 0 saturated heterocycles. The van der Waals surface area contributed by atoms with Gasteiger partial charge in [-0.05, 0) is 37.5 Å². The number of Topliss-reactive ketones (excluding diaryl/α,β-unsaturated/α-hetero) is 2. The van der Waals surface area contributed by atoms with E-state index in [4.69, 9.17) is 0 Å². The first kappa shape index (κ1) is 17.8. The highest BCUT2D eigenvalue weighted by Gasteiger charge is 2.43. The molecule has 0 spiro atoms. The van der Waals surface area contributed by atoms with E-state index in [1.807, 2.05) is 0 Å². The number of rotatable bonds is 8. The molecule has 1 heterocycles. The van der Waals surface area contributed by atoms with Gasteiger partial charge in [-0.3, -0.25) is 9.59 Å².